The van der Waals surface area contributed by atoms with E-state index in [1.54, 1.807) is 11.8 Å². The van der Waals surface area contributed by atoms with Gasteiger partial charge in [-0.3, -0.25) is 4.79 Å². The summed E-state index contributed by atoms with van der Waals surface area (Å²) in [6, 6.07) is -0.434. The Kier molecular flexibility index (Phi) is 12.8. The van der Waals surface area contributed by atoms with Crippen molar-refractivity contribution < 1.29 is 14.3 Å². The molecule has 2 unspecified atom stereocenters. The maximum absolute atomic E-state index is 12.6. The van der Waals surface area contributed by atoms with E-state index in [4.69, 9.17) is 4.74 Å². The van der Waals surface area contributed by atoms with Gasteiger partial charge in [0.2, 0.25) is 5.91 Å². The van der Waals surface area contributed by atoms with Crippen LogP contribution in [0.4, 0.5) is 0 Å². The number of hydrogen-bond acceptors (Lipinski definition) is 3. The predicted octanol–water partition coefficient (Wildman–Crippen LogP) is 4.71. The minimum Gasteiger partial charge on any atom is -0.464 e. The topological polar surface area (TPSA) is 46.6 Å². The average Bonchev–Trinajstić information content (AvgIpc) is 2.54. The zero-order chi connectivity index (χ0) is 17.7. The van der Waals surface area contributed by atoms with Crippen LogP contribution >= 0.6 is 0 Å². The SMILES string of the molecule is CCCCCCCC(=O)N(C(C)CC)C(C)C(=O)OCCCC. The second kappa shape index (κ2) is 13.4. The van der Waals surface area contributed by atoms with Crippen molar-refractivity contribution >= 4 is 11.9 Å². The summed E-state index contributed by atoms with van der Waals surface area (Å²) in [5.41, 5.74) is 0. The minimum absolute atomic E-state index is 0.0619. The second-order valence-electron chi connectivity index (χ2n) is 6.42. The first-order valence-electron chi connectivity index (χ1n) is 9.47. The van der Waals surface area contributed by atoms with Gasteiger partial charge < -0.3 is 9.64 Å². The molecule has 1 amide bonds. The van der Waals surface area contributed by atoms with E-state index in [1.165, 1.54) is 19.3 Å². The highest BCUT2D eigenvalue weighted by atomic mass is 16.5. The molecule has 0 aromatic carbocycles. The molecule has 0 saturated carbocycles. The summed E-state index contributed by atoms with van der Waals surface area (Å²) in [5, 5.41) is 0. The van der Waals surface area contributed by atoms with Crippen molar-refractivity contribution in [3.63, 3.8) is 0 Å². The van der Waals surface area contributed by atoms with Gasteiger partial charge in [-0.05, 0) is 33.1 Å². The molecule has 0 rings (SSSR count). The molecule has 0 aromatic rings. The summed E-state index contributed by atoms with van der Waals surface area (Å²) in [6.07, 6.45) is 8.83. The van der Waals surface area contributed by atoms with Crippen LogP contribution in [-0.4, -0.2) is 35.5 Å². The van der Waals surface area contributed by atoms with Crippen molar-refractivity contribution in [1.29, 1.82) is 0 Å². The lowest BCUT2D eigenvalue weighted by Gasteiger charge is -2.33. The van der Waals surface area contributed by atoms with Crippen LogP contribution in [0.15, 0.2) is 0 Å². The van der Waals surface area contributed by atoms with Crippen LogP contribution in [0, 0.1) is 0 Å². The first kappa shape index (κ1) is 21.9. The van der Waals surface area contributed by atoms with E-state index in [9.17, 15) is 9.59 Å². The Bertz CT molecular complexity index is 331. The molecule has 0 saturated heterocycles. The van der Waals surface area contributed by atoms with Crippen LogP contribution in [0.1, 0.15) is 92.4 Å². The molecule has 0 aliphatic heterocycles. The van der Waals surface area contributed by atoms with E-state index in [0.29, 0.717) is 13.0 Å². The zero-order valence-electron chi connectivity index (χ0n) is 15.9. The predicted molar refractivity (Wildman–Crippen MR) is 95.3 cm³/mol. The number of carbonyl (C=O) groups excluding carboxylic acids is 2. The summed E-state index contributed by atoms with van der Waals surface area (Å²) in [4.78, 5) is 26.5. The monoisotopic (exact) mass is 327 g/mol. The van der Waals surface area contributed by atoms with Gasteiger partial charge in [0.05, 0.1) is 6.61 Å². The Morgan fingerprint density at radius 2 is 1.52 bits per heavy atom. The molecule has 23 heavy (non-hydrogen) atoms. The van der Waals surface area contributed by atoms with Gasteiger partial charge in [0.25, 0.3) is 0 Å². The molecule has 4 nitrogen and oxygen atoms in total. The molecule has 0 radical (unpaired) electrons. The van der Waals surface area contributed by atoms with Gasteiger partial charge >= 0.3 is 5.97 Å². The van der Waals surface area contributed by atoms with E-state index in [1.807, 2.05) is 13.8 Å². The molecular weight excluding hydrogens is 290 g/mol. The fourth-order valence-corrected chi connectivity index (χ4v) is 2.60. The highest BCUT2D eigenvalue weighted by molar-refractivity contribution is 5.84. The molecule has 0 spiro atoms. The lowest BCUT2D eigenvalue weighted by atomic mass is 10.1. The zero-order valence-corrected chi connectivity index (χ0v) is 15.9. The summed E-state index contributed by atoms with van der Waals surface area (Å²) < 4.78 is 5.29. The number of amides is 1. The third kappa shape index (κ3) is 8.97. The molecule has 0 heterocycles. The number of rotatable bonds is 13. The van der Waals surface area contributed by atoms with E-state index in [0.717, 1.165) is 32.1 Å². The number of hydrogen-bond donors (Lipinski definition) is 0. The van der Waals surface area contributed by atoms with Crippen molar-refractivity contribution in [3.8, 4) is 0 Å². The van der Waals surface area contributed by atoms with E-state index in [-0.39, 0.29) is 17.9 Å². The molecule has 0 bridgehead atoms. The maximum atomic E-state index is 12.6. The number of nitrogens with zero attached hydrogens (tertiary/aromatic N) is 1. The van der Waals surface area contributed by atoms with Gasteiger partial charge in [-0.25, -0.2) is 4.79 Å². The number of carbonyl (C=O) groups is 2. The van der Waals surface area contributed by atoms with Crippen molar-refractivity contribution in [2.75, 3.05) is 6.61 Å². The fourth-order valence-electron chi connectivity index (χ4n) is 2.60. The van der Waals surface area contributed by atoms with Crippen molar-refractivity contribution in [2.45, 2.75) is 104 Å². The first-order valence-corrected chi connectivity index (χ1v) is 9.47. The Balaban J connectivity index is 4.53. The van der Waals surface area contributed by atoms with Crippen molar-refractivity contribution in [3.05, 3.63) is 0 Å². The van der Waals surface area contributed by atoms with Crippen LogP contribution in [0.3, 0.4) is 0 Å². The number of ether oxygens (including phenoxy) is 1. The molecule has 0 fully saturated rings. The van der Waals surface area contributed by atoms with E-state index < -0.39 is 6.04 Å². The van der Waals surface area contributed by atoms with Gasteiger partial charge in [0, 0.05) is 12.5 Å². The molecule has 0 aromatic heterocycles. The summed E-state index contributed by atoms with van der Waals surface area (Å²) in [5.74, 6) is -0.200. The van der Waals surface area contributed by atoms with Gasteiger partial charge in [-0.2, -0.15) is 0 Å². The lowest BCUT2D eigenvalue weighted by Crippen LogP contribution is -2.48. The van der Waals surface area contributed by atoms with Crippen LogP contribution in [0.25, 0.3) is 0 Å². The Hall–Kier alpha value is -1.06. The molecule has 0 aliphatic carbocycles. The highest BCUT2D eigenvalue weighted by Crippen LogP contribution is 2.15. The van der Waals surface area contributed by atoms with Crippen LogP contribution in [-0.2, 0) is 14.3 Å². The molecule has 2 atom stereocenters. The highest BCUT2D eigenvalue weighted by Gasteiger charge is 2.29. The summed E-state index contributed by atoms with van der Waals surface area (Å²) >= 11 is 0. The third-order valence-corrected chi connectivity index (χ3v) is 4.35. The van der Waals surface area contributed by atoms with Gasteiger partial charge in [-0.1, -0.05) is 52.9 Å². The summed E-state index contributed by atoms with van der Waals surface area (Å²) in [6.45, 7) is 10.5. The van der Waals surface area contributed by atoms with Crippen LogP contribution in [0.2, 0.25) is 0 Å². The Morgan fingerprint density at radius 1 is 0.913 bits per heavy atom. The number of unbranched alkanes of at least 4 members (excludes halogenated alkanes) is 5. The third-order valence-electron chi connectivity index (χ3n) is 4.35. The van der Waals surface area contributed by atoms with Crippen LogP contribution < -0.4 is 0 Å². The maximum Gasteiger partial charge on any atom is 0.328 e. The van der Waals surface area contributed by atoms with Crippen LogP contribution in [0.5, 0.6) is 0 Å². The van der Waals surface area contributed by atoms with Gasteiger partial charge in [0.15, 0.2) is 0 Å². The molecule has 4 heteroatoms. The molecule has 0 aliphatic rings. The standard InChI is InChI=1S/C19H37NO3/c1-6-9-11-12-13-14-18(21)20(16(4)8-3)17(5)19(22)23-15-10-7-2/h16-17H,6-15H2,1-5H3. The van der Waals surface area contributed by atoms with E-state index >= 15 is 0 Å². The Labute approximate surface area is 143 Å². The summed E-state index contributed by atoms with van der Waals surface area (Å²) in [7, 11) is 0. The smallest absolute Gasteiger partial charge is 0.328 e. The number of esters is 1. The van der Waals surface area contributed by atoms with Crippen molar-refractivity contribution in [1.82, 2.24) is 4.90 Å². The average molecular weight is 328 g/mol. The second-order valence-corrected chi connectivity index (χ2v) is 6.42. The Morgan fingerprint density at radius 3 is 2.09 bits per heavy atom. The fraction of sp³-hybridized carbons (Fsp3) is 0.895. The molecular formula is C19H37NO3. The largest absolute Gasteiger partial charge is 0.464 e. The molecule has 0 N–H and O–H groups in total. The lowest BCUT2D eigenvalue weighted by molar-refractivity contribution is -0.156. The first-order chi connectivity index (χ1) is 11.0. The van der Waals surface area contributed by atoms with Crippen molar-refractivity contribution in [2.24, 2.45) is 0 Å². The minimum atomic E-state index is -0.495. The van der Waals surface area contributed by atoms with E-state index in [2.05, 4.69) is 13.8 Å². The quantitative estimate of drug-likeness (QED) is 0.364. The molecule has 136 valence electrons. The normalized spacial score (nSPS) is 13.4. The van der Waals surface area contributed by atoms with Gasteiger partial charge in [-0.15, -0.1) is 0 Å². The van der Waals surface area contributed by atoms with Gasteiger partial charge in [0.1, 0.15) is 6.04 Å².